The van der Waals surface area contributed by atoms with Crippen LogP contribution in [-0.2, 0) is 16.9 Å². The van der Waals surface area contributed by atoms with E-state index in [1.165, 1.54) is 6.42 Å². The number of aliphatic carboxylic acids is 1. The van der Waals surface area contributed by atoms with Crippen LogP contribution in [0.4, 0.5) is 0 Å². The summed E-state index contributed by atoms with van der Waals surface area (Å²) in [5.74, 6) is -1.11. The van der Waals surface area contributed by atoms with Crippen LogP contribution >= 0.6 is 0 Å². The van der Waals surface area contributed by atoms with Crippen LogP contribution in [0.15, 0.2) is 18.7 Å². The molecule has 0 spiro atoms. The Morgan fingerprint density at radius 1 is 1.16 bits per heavy atom. The Morgan fingerprint density at radius 2 is 1.76 bits per heavy atom. The van der Waals surface area contributed by atoms with Gasteiger partial charge in [-0.2, -0.15) is 0 Å². The average Bonchev–Trinajstić information content (AvgIpc) is 2.96. The molecule has 0 fully saturated rings. The molecule has 1 heterocycles. The lowest BCUT2D eigenvalue weighted by atomic mass is 9.82. The molecule has 1 aromatic rings. The first-order valence-electron chi connectivity index (χ1n) is 9.75. The molecule has 0 saturated carbocycles. The fourth-order valence-electron chi connectivity index (χ4n) is 3.27. The zero-order valence-electron chi connectivity index (χ0n) is 17.8. The van der Waals surface area contributed by atoms with Gasteiger partial charge in [0.1, 0.15) is 17.9 Å². The van der Waals surface area contributed by atoms with Gasteiger partial charge in [0.15, 0.2) is 0 Å². The summed E-state index contributed by atoms with van der Waals surface area (Å²) in [6.07, 6.45) is 11.2. The highest BCUT2D eigenvalue weighted by molar-refractivity contribution is 5.67. The lowest BCUT2D eigenvalue weighted by Gasteiger charge is -2.29. The Labute approximate surface area is 155 Å². The van der Waals surface area contributed by atoms with E-state index in [9.17, 15) is 9.90 Å². The molecule has 0 aliphatic heterocycles. The number of carbonyl (C=O) groups is 1. The monoisotopic (exact) mass is 352 g/mol. The molecule has 1 atom stereocenters. The summed E-state index contributed by atoms with van der Waals surface area (Å²) < 4.78 is 4.53. The third-order valence-corrected chi connectivity index (χ3v) is 4.45. The summed E-state index contributed by atoms with van der Waals surface area (Å²) in [7, 11) is 0. The second-order valence-electron chi connectivity index (χ2n) is 8.77. The van der Waals surface area contributed by atoms with Crippen LogP contribution in [0.5, 0.6) is 0 Å². The van der Waals surface area contributed by atoms with Crippen molar-refractivity contribution in [3.63, 3.8) is 0 Å². The number of rotatable bonds is 8. The van der Waals surface area contributed by atoms with E-state index in [1.54, 1.807) is 0 Å². The second kappa shape index (κ2) is 10.6. The maximum atomic E-state index is 10.3. The minimum absolute atomic E-state index is 0.193. The molecule has 146 valence electrons. The first-order chi connectivity index (χ1) is 11.5. The molecule has 0 bridgehead atoms. The standard InChI is InChI=1S/C13H25N2.C8H16O2/c1-7-14-8-9-15(11-14)13(5,6)10-12(2,3)4;1-3-5-6-7(4-2)8(9)10/h8-9,11H,7,10H2,1-6H3;7H,3-6H2,1-2H3,(H,9,10)/q+1;/p-1. The molecule has 0 amide bonds. The van der Waals surface area contributed by atoms with Crippen molar-refractivity contribution in [2.75, 3.05) is 0 Å². The number of nitrogens with zero attached hydrogens (tertiary/aromatic N) is 2. The van der Waals surface area contributed by atoms with Crippen LogP contribution in [0, 0.1) is 11.3 Å². The minimum Gasteiger partial charge on any atom is -0.550 e. The predicted octanol–water partition coefficient (Wildman–Crippen LogP) is 3.92. The van der Waals surface area contributed by atoms with Gasteiger partial charge in [-0.3, -0.25) is 0 Å². The zero-order chi connectivity index (χ0) is 19.7. The lowest BCUT2D eigenvalue weighted by Crippen LogP contribution is -2.34. The van der Waals surface area contributed by atoms with E-state index >= 15 is 0 Å². The summed E-state index contributed by atoms with van der Waals surface area (Å²) in [6.45, 7) is 18.7. The number of carbonyl (C=O) groups excluding carboxylic acids is 1. The van der Waals surface area contributed by atoms with Crippen molar-refractivity contribution in [2.24, 2.45) is 11.3 Å². The molecular formula is C21H40N2O2. The topological polar surface area (TPSA) is 48.9 Å². The van der Waals surface area contributed by atoms with Crippen molar-refractivity contribution in [3.05, 3.63) is 18.7 Å². The van der Waals surface area contributed by atoms with Gasteiger partial charge in [0.25, 0.3) is 0 Å². The summed E-state index contributed by atoms with van der Waals surface area (Å²) >= 11 is 0. The summed E-state index contributed by atoms with van der Waals surface area (Å²) in [5.41, 5.74) is 0.559. The Bertz CT molecular complexity index is 498. The maximum absolute atomic E-state index is 10.3. The first-order valence-corrected chi connectivity index (χ1v) is 9.75. The molecule has 25 heavy (non-hydrogen) atoms. The Hall–Kier alpha value is -1.32. The van der Waals surface area contributed by atoms with Gasteiger partial charge in [0, 0.05) is 5.97 Å². The van der Waals surface area contributed by atoms with Crippen LogP contribution < -0.4 is 9.67 Å². The van der Waals surface area contributed by atoms with E-state index in [-0.39, 0.29) is 11.5 Å². The van der Waals surface area contributed by atoms with Crippen LogP contribution in [0.1, 0.15) is 87.5 Å². The van der Waals surface area contributed by atoms with Crippen molar-refractivity contribution < 1.29 is 14.5 Å². The van der Waals surface area contributed by atoms with Crippen molar-refractivity contribution in [1.82, 2.24) is 4.57 Å². The van der Waals surface area contributed by atoms with Crippen LogP contribution in [0.3, 0.4) is 0 Å². The Morgan fingerprint density at radius 3 is 2.12 bits per heavy atom. The van der Waals surface area contributed by atoms with Crippen molar-refractivity contribution in [2.45, 2.75) is 99.6 Å². The summed E-state index contributed by atoms with van der Waals surface area (Å²) in [4.78, 5) is 10.3. The zero-order valence-corrected chi connectivity index (χ0v) is 17.8. The van der Waals surface area contributed by atoms with E-state index in [1.807, 2.05) is 6.92 Å². The van der Waals surface area contributed by atoms with Crippen molar-refractivity contribution in [1.29, 1.82) is 0 Å². The molecule has 0 N–H and O–H groups in total. The number of aryl methyl sites for hydroxylation is 1. The Balaban J connectivity index is 0.000000504. The number of carboxylic acid groups (broad SMARTS) is 1. The van der Waals surface area contributed by atoms with Gasteiger partial charge in [0.05, 0.1) is 6.54 Å². The van der Waals surface area contributed by atoms with Gasteiger partial charge in [-0.25, -0.2) is 9.13 Å². The molecule has 0 aliphatic rings. The van der Waals surface area contributed by atoms with Crippen molar-refractivity contribution in [3.8, 4) is 0 Å². The van der Waals surface area contributed by atoms with Gasteiger partial charge in [-0.1, -0.05) is 47.5 Å². The fourth-order valence-corrected chi connectivity index (χ4v) is 3.27. The average molecular weight is 353 g/mol. The third-order valence-electron chi connectivity index (χ3n) is 4.45. The van der Waals surface area contributed by atoms with E-state index in [0.29, 0.717) is 11.8 Å². The van der Waals surface area contributed by atoms with Crippen LogP contribution in [0.2, 0.25) is 0 Å². The van der Waals surface area contributed by atoms with E-state index in [0.717, 1.165) is 25.8 Å². The van der Waals surface area contributed by atoms with Gasteiger partial charge < -0.3 is 9.90 Å². The Kier molecular flexibility index (Phi) is 10.1. The third kappa shape index (κ3) is 9.66. The molecule has 0 radical (unpaired) electrons. The lowest BCUT2D eigenvalue weighted by molar-refractivity contribution is -0.693. The molecule has 1 unspecified atom stereocenters. The first kappa shape index (κ1) is 23.7. The van der Waals surface area contributed by atoms with Gasteiger partial charge in [0.2, 0.25) is 6.33 Å². The minimum atomic E-state index is -0.893. The number of unbranched alkanes of at least 4 members (excludes halogenated alkanes) is 1. The molecule has 0 saturated heterocycles. The normalized spacial score (nSPS) is 13.1. The summed E-state index contributed by atoms with van der Waals surface area (Å²) in [6, 6.07) is 0. The van der Waals surface area contributed by atoms with Crippen LogP contribution in [0.25, 0.3) is 0 Å². The van der Waals surface area contributed by atoms with E-state index in [4.69, 9.17) is 0 Å². The fraction of sp³-hybridized carbons (Fsp3) is 0.810. The maximum Gasteiger partial charge on any atom is 0.244 e. The van der Waals surface area contributed by atoms with Crippen molar-refractivity contribution >= 4 is 5.97 Å². The second-order valence-corrected chi connectivity index (χ2v) is 8.77. The van der Waals surface area contributed by atoms with E-state index < -0.39 is 5.97 Å². The predicted molar refractivity (Wildman–Crippen MR) is 102 cm³/mol. The number of aromatic nitrogens is 2. The molecule has 1 rings (SSSR count). The number of hydrogen-bond donors (Lipinski definition) is 0. The number of hydrogen-bond acceptors (Lipinski definition) is 2. The SMILES string of the molecule is CCCCC(CC)C(=O)[O-].CC[n+]1ccn(C(C)(C)CC(C)(C)C)c1. The molecule has 0 aliphatic carbocycles. The quantitative estimate of drug-likeness (QED) is 0.666. The highest BCUT2D eigenvalue weighted by Gasteiger charge is 2.31. The van der Waals surface area contributed by atoms with E-state index in [2.05, 4.69) is 76.3 Å². The summed E-state index contributed by atoms with van der Waals surface area (Å²) in [5, 5.41) is 10.3. The largest absolute Gasteiger partial charge is 0.550 e. The van der Waals surface area contributed by atoms with Crippen LogP contribution in [-0.4, -0.2) is 10.5 Å². The number of carboxylic acids is 1. The van der Waals surface area contributed by atoms with Gasteiger partial charge in [-0.05, 0) is 51.4 Å². The molecule has 1 aromatic heterocycles. The smallest absolute Gasteiger partial charge is 0.244 e. The van der Waals surface area contributed by atoms with Gasteiger partial charge >= 0.3 is 0 Å². The highest BCUT2D eigenvalue weighted by atomic mass is 16.4. The molecule has 0 aromatic carbocycles. The molecule has 4 nitrogen and oxygen atoms in total. The number of imidazole rings is 1. The highest BCUT2D eigenvalue weighted by Crippen LogP contribution is 2.31. The molecular weight excluding hydrogens is 312 g/mol. The van der Waals surface area contributed by atoms with Gasteiger partial charge in [-0.15, -0.1) is 0 Å². The molecule has 4 heteroatoms.